The Morgan fingerprint density at radius 3 is 2.62 bits per heavy atom. The van der Waals surface area contributed by atoms with Gasteiger partial charge in [0.1, 0.15) is 6.10 Å². The Kier molecular flexibility index (Phi) is 5.32. The fourth-order valence-electron chi connectivity index (χ4n) is 5.97. The number of rotatable bonds is 4. The maximum atomic E-state index is 14.5. The number of ether oxygens (including phenoxy) is 1. The molecule has 6 rings (SSSR count). The minimum Gasteiger partial charge on any atom is -0.371 e. The Hall–Kier alpha value is -2.94. The monoisotopic (exact) mass is 469 g/mol. The lowest BCUT2D eigenvalue weighted by Crippen LogP contribution is -2.42. The van der Waals surface area contributed by atoms with Crippen LogP contribution in [0.15, 0.2) is 30.5 Å². The number of fused-ring (bicyclic) bond motifs is 3. The molecule has 0 radical (unpaired) electrons. The summed E-state index contributed by atoms with van der Waals surface area (Å²) in [5, 5.41) is 4.69. The molecule has 1 saturated carbocycles. The third-order valence-corrected chi connectivity index (χ3v) is 7.61. The van der Waals surface area contributed by atoms with Gasteiger partial charge in [0.25, 0.3) is 0 Å². The maximum Gasteiger partial charge on any atom is 0.194 e. The van der Waals surface area contributed by atoms with E-state index in [-0.39, 0.29) is 5.56 Å². The Bertz CT molecular complexity index is 1220. The van der Waals surface area contributed by atoms with Crippen LogP contribution in [-0.4, -0.2) is 39.4 Å². The van der Waals surface area contributed by atoms with Crippen molar-refractivity contribution in [2.24, 2.45) is 17.8 Å². The van der Waals surface area contributed by atoms with Crippen molar-refractivity contribution in [2.75, 3.05) is 24.6 Å². The quantitative estimate of drug-likeness (QED) is 0.536. The highest BCUT2D eigenvalue weighted by molar-refractivity contribution is 5.47. The van der Waals surface area contributed by atoms with Crippen molar-refractivity contribution in [2.45, 2.75) is 38.8 Å². The number of anilines is 1. The van der Waals surface area contributed by atoms with E-state index >= 15 is 0 Å². The first-order chi connectivity index (χ1) is 16.5. The third kappa shape index (κ3) is 3.66. The molecule has 0 amide bonds. The minimum absolute atomic E-state index is 0.0557. The van der Waals surface area contributed by atoms with Gasteiger partial charge in [-0.2, -0.15) is 5.10 Å². The smallest absolute Gasteiger partial charge is 0.194 e. The van der Waals surface area contributed by atoms with E-state index < -0.39 is 23.6 Å². The molecule has 9 heteroatoms. The van der Waals surface area contributed by atoms with Crippen molar-refractivity contribution in [3.8, 4) is 0 Å². The molecule has 1 unspecified atom stereocenters. The number of nitrogens with zero attached hydrogens (tertiary/aromatic N) is 5. The summed E-state index contributed by atoms with van der Waals surface area (Å²) in [6.45, 7) is 4.82. The summed E-state index contributed by atoms with van der Waals surface area (Å²) in [7, 11) is 0. The van der Waals surface area contributed by atoms with Crippen molar-refractivity contribution in [1.29, 1.82) is 0 Å². The van der Waals surface area contributed by atoms with Gasteiger partial charge in [-0.1, -0.05) is 0 Å². The molecular formula is C25H26F3N5O. The number of halogens is 3. The average Bonchev–Trinajstić information content (AvgIpc) is 3.33. The van der Waals surface area contributed by atoms with Crippen LogP contribution >= 0.6 is 0 Å². The van der Waals surface area contributed by atoms with E-state index in [0.29, 0.717) is 42.6 Å². The molecule has 6 nitrogen and oxygen atoms in total. The number of aromatic nitrogens is 4. The van der Waals surface area contributed by atoms with Crippen LogP contribution in [0.1, 0.15) is 41.9 Å². The average molecular weight is 470 g/mol. The van der Waals surface area contributed by atoms with Gasteiger partial charge in [0.05, 0.1) is 13.2 Å². The Morgan fingerprint density at radius 1 is 1.06 bits per heavy atom. The van der Waals surface area contributed by atoms with E-state index in [1.807, 2.05) is 13.1 Å². The van der Waals surface area contributed by atoms with Crippen LogP contribution in [0, 0.1) is 42.1 Å². The fraction of sp³-hybridized carbons (Fsp3) is 0.480. The van der Waals surface area contributed by atoms with Crippen molar-refractivity contribution in [3.05, 3.63) is 70.8 Å². The molecule has 2 aliphatic heterocycles. The van der Waals surface area contributed by atoms with Gasteiger partial charge in [0.2, 0.25) is 0 Å². The van der Waals surface area contributed by atoms with Crippen LogP contribution in [0.4, 0.5) is 18.9 Å². The molecule has 2 aromatic heterocycles. The lowest BCUT2D eigenvalue weighted by atomic mass is 9.82. The molecular weight excluding hydrogens is 443 g/mol. The molecule has 2 fully saturated rings. The van der Waals surface area contributed by atoms with Crippen molar-refractivity contribution < 1.29 is 17.9 Å². The predicted octanol–water partition coefficient (Wildman–Crippen LogP) is 4.22. The Labute approximate surface area is 195 Å². The number of hydrogen-bond acceptors (Lipinski definition) is 5. The van der Waals surface area contributed by atoms with E-state index in [1.54, 1.807) is 4.68 Å². The third-order valence-electron chi connectivity index (χ3n) is 7.61. The Morgan fingerprint density at radius 2 is 1.85 bits per heavy atom. The summed E-state index contributed by atoms with van der Waals surface area (Å²) in [4.78, 5) is 11.5. The Balaban J connectivity index is 1.22. The van der Waals surface area contributed by atoms with E-state index in [2.05, 4.69) is 27.1 Å². The molecule has 1 saturated heterocycles. The molecule has 1 aliphatic carbocycles. The van der Waals surface area contributed by atoms with E-state index in [0.717, 1.165) is 31.3 Å². The summed E-state index contributed by atoms with van der Waals surface area (Å²) in [5.41, 5.74) is 2.20. The molecule has 1 aromatic carbocycles. The molecule has 0 spiro atoms. The zero-order valence-corrected chi connectivity index (χ0v) is 18.9. The van der Waals surface area contributed by atoms with E-state index in [4.69, 9.17) is 9.72 Å². The topological polar surface area (TPSA) is 56.1 Å². The van der Waals surface area contributed by atoms with Crippen LogP contribution in [-0.2, 0) is 17.7 Å². The molecule has 4 heterocycles. The van der Waals surface area contributed by atoms with Crippen LogP contribution in [0.25, 0.3) is 0 Å². The second-order valence-corrected chi connectivity index (χ2v) is 9.65. The van der Waals surface area contributed by atoms with Crippen molar-refractivity contribution in [1.82, 2.24) is 19.7 Å². The van der Waals surface area contributed by atoms with Gasteiger partial charge in [0.15, 0.2) is 29.1 Å². The van der Waals surface area contributed by atoms with Crippen LogP contribution < -0.4 is 4.90 Å². The zero-order valence-electron chi connectivity index (χ0n) is 18.9. The van der Waals surface area contributed by atoms with Crippen LogP contribution in [0.2, 0.25) is 0 Å². The van der Waals surface area contributed by atoms with Gasteiger partial charge >= 0.3 is 0 Å². The fourth-order valence-corrected chi connectivity index (χ4v) is 5.97. The van der Waals surface area contributed by atoms with Crippen molar-refractivity contribution >= 4 is 5.69 Å². The zero-order chi connectivity index (χ0) is 23.4. The van der Waals surface area contributed by atoms with E-state index in [1.165, 1.54) is 24.6 Å². The van der Waals surface area contributed by atoms with Gasteiger partial charge in [0, 0.05) is 42.7 Å². The molecule has 34 heavy (non-hydrogen) atoms. The standard InChI is InChI=1S/C25H26F3N5O/c1-14-10-17(6-7-29-14)32-12-15-2-3-16(13-32)19(15)11-21-30-25-24(34-9-8-33(25)31-21)18-4-5-20(26)23(28)22(18)27/h4-7,10,15-16,19,24H,2-3,8-9,11-13H2,1H3/t15-,16+,19?,24-/m1/s1. The molecule has 0 N–H and O–H groups in total. The summed E-state index contributed by atoms with van der Waals surface area (Å²) in [5.74, 6) is -1.19. The largest absolute Gasteiger partial charge is 0.371 e. The lowest BCUT2D eigenvalue weighted by Gasteiger charge is -2.39. The van der Waals surface area contributed by atoms with Gasteiger partial charge in [-0.15, -0.1) is 0 Å². The maximum absolute atomic E-state index is 14.5. The summed E-state index contributed by atoms with van der Waals surface area (Å²) >= 11 is 0. The molecule has 4 atom stereocenters. The number of aryl methyl sites for hydroxylation is 1. The lowest BCUT2D eigenvalue weighted by molar-refractivity contribution is 0.0364. The van der Waals surface area contributed by atoms with E-state index in [9.17, 15) is 13.2 Å². The highest BCUT2D eigenvalue weighted by Crippen LogP contribution is 2.44. The molecule has 3 aliphatic rings. The number of hydrogen-bond donors (Lipinski definition) is 0. The second-order valence-electron chi connectivity index (χ2n) is 9.65. The first kappa shape index (κ1) is 21.6. The highest BCUT2D eigenvalue weighted by atomic mass is 19.2. The SMILES string of the molecule is Cc1cc(N2C[C@H]3CC[C@@H](C2)C3Cc2nc3n(n2)CCO[C@@H]3c2ccc(F)c(F)c2F)ccn1. The van der Waals surface area contributed by atoms with Crippen molar-refractivity contribution in [3.63, 3.8) is 0 Å². The number of piperidine rings is 1. The molecule has 178 valence electrons. The summed E-state index contributed by atoms with van der Waals surface area (Å²) in [6, 6.07) is 6.36. The highest BCUT2D eigenvalue weighted by Gasteiger charge is 2.43. The van der Waals surface area contributed by atoms with Gasteiger partial charge in [-0.25, -0.2) is 22.8 Å². The van der Waals surface area contributed by atoms with Gasteiger partial charge in [-0.3, -0.25) is 4.98 Å². The number of pyridine rings is 1. The normalized spacial score (nSPS) is 26.1. The predicted molar refractivity (Wildman–Crippen MR) is 119 cm³/mol. The minimum atomic E-state index is -1.49. The van der Waals surface area contributed by atoms with Gasteiger partial charge in [-0.05, 0) is 61.8 Å². The molecule has 3 aromatic rings. The van der Waals surface area contributed by atoms with Crippen LogP contribution in [0.3, 0.4) is 0 Å². The first-order valence-electron chi connectivity index (χ1n) is 11.8. The molecule has 2 bridgehead atoms. The second kappa shape index (κ2) is 8.37. The van der Waals surface area contributed by atoms with Gasteiger partial charge < -0.3 is 9.64 Å². The summed E-state index contributed by atoms with van der Waals surface area (Å²) < 4.78 is 49.2. The first-order valence-corrected chi connectivity index (χ1v) is 11.8. The number of benzene rings is 1. The summed E-state index contributed by atoms with van der Waals surface area (Å²) in [6.07, 6.45) is 4.10. The van der Waals surface area contributed by atoms with Crippen LogP contribution in [0.5, 0.6) is 0 Å².